The van der Waals surface area contributed by atoms with E-state index in [1.807, 2.05) is 13.8 Å². The van der Waals surface area contributed by atoms with E-state index in [0.29, 0.717) is 30.1 Å². The molecule has 0 fully saturated rings. The van der Waals surface area contributed by atoms with Crippen molar-refractivity contribution in [3.05, 3.63) is 53.1 Å². The van der Waals surface area contributed by atoms with Gasteiger partial charge in [0.2, 0.25) is 0 Å². The molecule has 1 unspecified atom stereocenters. The average molecular weight is 385 g/mol. The molecule has 4 rings (SSSR count). The van der Waals surface area contributed by atoms with Gasteiger partial charge in [-0.15, -0.1) is 0 Å². The first-order chi connectivity index (χ1) is 13.3. The van der Waals surface area contributed by atoms with Gasteiger partial charge < -0.3 is 20.9 Å². The Balaban J connectivity index is 1.67. The molecule has 3 aromatic rings. The van der Waals surface area contributed by atoms with Crippen LogP contribution in [0.25, 0.3) is 5.65 Å². The number of aromatic nitrogens is 3. The molecule has 0 bridgehead atoms. The van der Waals surface area contributed by atoms with Crippen LogP contribution in [-0.2, 0) is 6.42 Å². The van der Waals surface area contributed by atoms with Crippen molar-refractivity contribution >= 4 is 17.4 Å². The summed E-state index contributed by atoms with van der Waals surface area (Å²) in [7, 11) is 0. The number of hydrogen-bond acceptors (Lipinski definition) is 6. The second-order valence-corrected chi connectivity index (χ2v) is 7.23. The SMILES string of the molecule is CC(Nc1ccn2ncc(C(=O)O)c2n1)c1cc(F)cc2c1O[C@](C)(CN)C2. The number of nitrogens with one attached hydrogen (secondary N) is 1. The van der Waals surface area contributed by atoms with Gasteiger partial charge >= 0.3 is 5.97 Å². The predicted molar refractivity (Wildman–Crippen MR) is 100 cm³/mol. The van der Waals surface area contributed by atoms with Gasteiger partial charge in [-0.2, -0.15) is 5.10 Å². The van der Waals surface area contributed by atoms with Gasteiger partial charge in [0.15, 0.2) is 5.65 Å². The minimum atomic E-state index is -1.11. The molecule has 0 amide bonds. The first-order valence-electron chi connectivity index (χ1n) is 8.85. The summed E-state index contributed by atoms with van der Waals surface area (Å²) in [5, 5.41) is 16.4. The zero-order chi connectivity index (χ0) is 20.1. The second kappa shape index (κ2) is 6.45. The highest BCUT2D eigenvalue weighted by Crippen LogP contribution is 2.41. The summed E-state index contributed by atoms with van der Waals surface area (Å²) in [6.07, 6.45) is 3.40. The van der Waals surface area contributed by atoms with Gasteiger partial charge in [-0.25, -0.2) is 18.7 Å². The molecule has 1 aliphatic heterocycles. The van der Waals surface area contributed by atoms with E-state index in [-0.39, 0.29) is 23.1 Å². The number of nitrogens with zero attached hydrogens (tertiary/aromatic N) is 3. The lowest BCUT2D eigenvalue weighted by Crippen LogP contribution is -2.39. The Hall–Kier alpha value is -3.20. The Labute approximate surface area is 160 Å². The first kappa shape index (κ1) is 18.2. The van der Waals surface area contributed by atoms with E-state index in [1.54, 1.807) is 12.3 Å². The average Bonchev–Trinajstić information content (AvgIpc) is 3.21. The number of aromatic carboxylic acids is 1. The van der Waals surface area contributed by atoms with Gasteiger partial charge in [-0.1, -0.05) is 0 Å². The summed E-state index contributed by atoms with van der Waals surface area (Å²) in [5.74, 6) is -0.378. The smallest absolute Gasteiger partial charge is 0.341 e. The zero-order valence-electron chi connectivity index (χ0n) is 15.4. The summed E-state index contributed by atoms with van der Waals surface area (Å²) in [6.45, 7) is 4.08. The van der Waals surface area contributed by atoms with Crippen molar-refractivity contribution in [1.29, 1.82) is 0 Å². The van der Waals surface area contributed by atoms with E-state index >= 15 is 0 Å². The van der Waals surface area contributed by atoms with Crippen molar-refractivity contribution in [2.75, 3.05) is 11.9 Å². The fraction of sp³-hybridized carbons (Fsp3) is 0.316. The largest absolute Gasteiger partial charge is 0.485 e. The third-order valence-corrected chi connectivity index (χ3v) is 4.93. The van der Waals surface area contributed by atoms with Crippen LogP contribution < -0.4 is 15.8 Å². The van der Waals surface area contributed by atoms with Crippen molar-refractivity contribution in [2.24, 2.45) is 5.73 Å². The zero-order valence-corrected chi connectivity index (χ0v) is 15.4. The number of benzene rings is 1. The highest BCUT2D eigenvalue weighted by Gasteiger charge is 2.36. The highest BCUT2D eigenvalue weighted by atomic mass is 19.1. The number of fused-ring (bicyclic) bond motifs is 2. The van der Waals surface area contributed by atoms with Crippen LogP contribution in [0.15, 0.2) is 30.6 Å². The minimum Gasteiger partial charge on any atom is -0.485 e. The maximum Gasteiger partial charge on any atom is 0.341 e. The van der Waals surface area contributed by atoms with Crippen molar-refractivity contribution in [1.82, 2.24) is 14.6 Å². The van der Waals surface area contributed by atoms with Gasteiger partial charge in [0, 0.05) is 30.3 Å². The molecule has 3 heterocycles. The van der Waals surface area contributed by atoms with Crippen LogP contribution in [-0.4, -0.2) is 37.8 Å². The normalized spacial score (nSPS) is 19.3. The lowest BCUT2D eigenvalue weighted by atomic mass is 9.97. The molecule has 1 aliphatic rings. The Morgan fingerprint density at radius 2 is 2.32 bits per heavy atom. The van der Waals surface area contributed by atoms with E-state index in [2.05, 4.69) is 15.4 Å². The fourth-order valence-corrected chi connectivity index (χ4v) is 3.45. The molecule has 0 aliphatic carbocycles. The molecule has 2 aromatic heterocycles. The molecular weight excluding hydrogens is 365 g/mol. The molecule has 0 radical (unpaired) electrons. The number of anilines is 1. The Morgan fingerprint density at radius 1 is 1.54 bits per heavy atom. The van der Waals surface area contributed by atoms with Crippen molar-refractivity contribution in [2.45, 2.75) is 31.9 Å². The number of carbonyl (C=O) groups is 1. The Morgan fingerprint density at radius 3 is 3.04 bits per heavy atom. The van der Waals surface area contributed by atoms with Gasteiger partial charge in [-0.05, 0) is 32.0 Å². The summed E-state index contributed by atoms with van der Waals surface area (Å²) < 4.78 is 21.6. The van der Waals surface area contributed by atoms with E-state index in [4.69, 9.17) is 10.5 Å². The number of hydrogen-bond donors (Lipinski definition) is 3. The maximum atomic E-state index is 14.2. The van der Waals surface area contributed by atoms with Crippen LogP contribution in [0, 0.1) is 5.82 Å². The molecule has 8 nitrogen and oxygen atoms in total. The number of carboxylic acid groups (broad SMARTS) is 1. The standard InChI is InChI=1S/C19H20FN5O3/c1-10(13-6-12(20)5-11-7-19(2,9-21)28-16(11)13)23-15-3-4-25-17(24-15)14(8-22-25)18(26)27/h3-6,8,10H,7,9,21H2,1-2H3,(H,23,24)(H,26,27)/t10?,19-/m0/s1. The number of halogens is 1. The monoisotopic (exact) mass is 385 g/mol. The number of rotatable bonds is 5. The summed E-state index contributed by atoms with van der Waals surface area (Å²) in [4.78, 5) is 15.6. The topological polar surface area (TPSA) is 115 Å². The Kier molecular flexibility index (Phi) is 4.19. The number of ether oxygens (including phenoxy) is 1. The molecule has 4 N–H and O–H groups in total. The maximum absolute atomic E-state index is 14.2. The van der Waals surface area contributed by atoms with Gasteiger partial charge in [0.25, 0.3) is 0 Å². The highest BCUT2D eigenvalue weighted by molar-refractivity contribution is 5.94. The van der Waals surface area contributed by atoms with Gasteiger partial charge in [0.1, 0.15) is 28.5 Å². The Bertz CT molecular complexity index is 1080. The molecule has 1 aromatic carbocycles. The molecule has 0 saturated heterocycles. The summed E-state index contributed by atoms with van der Waals surface area (Å²) >= 11 is 0. The summed E-state index contributed by atoms with van der Waals surface area (Å²) in [6, 6.07) is 4.24. The van der Waals surface area contributed by atoms with E-state index in [0.717, 1.165) is 5.56 Å². The second-order valence-electron chi connectivity index (χ2n) is 7.23. The molecule has 0 saturated carbocycles. The van der Waals surface area contributed by atoms with Crippen molar-refractivity contribution in [3.8, 4) is 5.75 Å². The molecule has 146 valence electrons. The molecule has 9 heteroatoms. The van der Waals surface area contributed by atoms with Gasteiger partial charge in [0.05, 0.1) is 12.2 Å². The van der Waals surface area contributed by atoms with Crippen LogP contribution in [0.4, 0.5) is 10.2 Å². The third kappa shape index (κ3) is 3.03. The van der Waals surface area contributed by atoms with Crippen LogP contribution in [0.3, 0.4) is 0 Å². The van der Waals surface area contributed by atoms with E-state index in [9.17, 15) is 14.3 Å². The third-order valence-electron chi connectivity index (χ3n) is 4.93. The van der Waals surface area contributed by atoms with Crippen LogP contribution in [0.5, 0.6) is 5.75 Å². The quantitative estimate of drug-likeness (QED) is 0.618. The predicted octanol–water partition coefficient (Wildman–Crippen LogP) is 2.39. The lowest BCUT2D eigenvalue weighted by molar-refractivity contribution is 0.0698. The van der Waals surface area contributed by atoms with Crippen molar-refractivity contribution < 1.29 is 19.0 Å². The first-order valence-corrected chi connectivity index (χ1v) is 8.85. The van der Waals surface area contributed by atoms with Crippen LogP contribution >= 0.6 is 0 Å². The molecule has 2 atom stereocenters. The van der Waals surface area contributed by atoms with Crippen LogP contribution in [0.2, 0.25) is 0 Å². The van der Waals surface area contributed by atoms with Crippen molar-refractivity contribution in [3.63, 3.8) is 0 Å². The fourth-order valence-electron chi connectivity index (χ4n) is 3.45. The number of carboxylic acids is 1. The number of nitrogens with two attached hydrogens (primary N) is 1. The van der Waals surface area contributed by atoms with E-state index < -0.39 is 11.6 Å². The molecule has 0 spiro atoms. The molecular formula is C19H20FN5O3. The van der Waals surface area contributed by atoms with Crippen LogP contribution in [0.1, 0.15) is 41.4 Å². The minimum absolute atomic E-state index is 0.00463. The van der Waals surface area contributed by atoms with E-state index in [1.165, 1.54) is 22.8 Å². The summed E-state index contributed by atoms with van der Waals surface area (Å²) in [5.41, 5.74) is 6.92. The lowest BCUT2D eigenvalue weighted by Gasteiger charge is -2.23. The van der Waals surface area contributed by atoms with Gasteiger partial charge in [-0.3, -0.25) is 0 Å². The molecule has 28 heavy (non-hydrogen) atoms.